The van der Waals surface area contributed by atoms with Crippen molar-refractivity contribution in [2.24, 2.45) is 11.3 Å². The average molecular weight is 270 g/mol. The lowest BCUT2D eigenvalue weighted by Gasteiger charge is -2.12. The van der Waals surface area contributed by atoms with Gasteiger partial charge in [-0.15, -0.1) is 0 Å². The standard InChI is InChI=1S/C15H26O4/c1-2-3-4-5-6-7-8-12-9-15(12,10-13(16)17)11-14(18)19/h12H,2-11H2,1H3,(H,16,17)(H,18,19). The summed E-state index contributed by atoms with van der Waals surface area (Å²) in [5.74, 6) is -1.43. The summed E-state index contributed by atoms with van der Waals surface area (Å²) in [7, 11) is 0. The lowest BCUT2D eigenvalue weighted by molar-refractivity contribution is -0.141. The van der Waals surface area contributed by atoms with Crippen LogP contribution in [0.4, 0.5) is 0 Å². The first kappa shape index (κ1) is 16.0. The minimum Gasteiger partial charge on any atom is -0.481 e. The van der Waals surface area contributed by atoms with E-state index in [2.05, 4.69) is 6.92 Å². The number of aliphatic carboxylic acids is 2. The van der Waals surface area contributed by atoms with Gasteiger partial charge in [-0.1, -0.05) is 45.4 Å². The van der Waals surface area contributed by atoms with Crippen LogP contribution >= 0.6 is 0 Å². The maximum absolute atomic E-state index is 10.8. The van der Waals surface area contributed by atoms with Crippen molar-refractivity contribution in [1.29, 1.82) is 0 Å². The molecule has 0 aromatic rings. The zero-order valence-corrected chi connectivity index (χ0v) is 11.9. The van der Waals surface area contributed by atoms with E-state index in [0.717, 1.165) is 19.3 Å². The summed E-state index contributed by atoms with van der Waals surface area (Å²) in [5.41, 5.74) is -0.443. The van der Waals surface area contributed by atoms with Crippen LogP contribution in [-0.4, -0.2) is 22.2 Å². The van der Waals surface area contributed by atoms with Crippen LogP contribution in [0.3, 0.4) is 0 Å². The number of hydrogen-bond donors (Lipinski definition) is 2. The smallest absolute Gasteiger partial charge is 0.303 e. The largest absolute Gasteiger partial charge is 0.481 e. The fourth-order valence-corrected chi connectivity index (χ4v) is 3.11. The molecule has 4 heteroatoms. The molecule has 1 unspecified atom stereocenters. The van der Waals surface area contributed by atoms with Crippen LogP contribution in [0.2, 0.25) is 0 Å². The molecule has 1 aliphatic rings. The van der Waals surface area contributed by atoms with Gasteiger partial charge in [0.15, 0.2) is 0 Å². The predicted octanol–water partition coefficient (Wildman–Crippen LogP) is 3.69. The zero-order chi connectivity index (χ0) is 14.3. The number of carboxylic acids is 2. The second-order valence-electron chi connectivity index (χ2n) is 5.96. The zero-order valence-electron chi connectivity index (χ0n) is 11.9. The van der Waals surface area contributed by atoms with Crippen LogP contribution in [0.1, 0.15) is 71.1 Å². The maximum Gasteiger partial charge on any atom is 0.303 e. The summed E-state index contributed by atoms with van der Waals surface area (Å²) in [5, 5.41) is 17.8. The van der Waals surface area contributed by atoms with E-state index >= 15 is 0 Å². The third-order valence-electron chi connectivity index (χ3n) is 4.27. The molecule has 1 rings (SSSR count). The maximum atomic E-state index is 10.8. The van der Waals surface area contributed by atoms with Crippen molar-refractivity contribution < 1.29 is 19.8 Å². The van der Waals surface area contributed by atoms with Gasteiger partial charge in [-0.3, -0.25) is 9.59 Å². The highest BCUT2D eigenvalue weighted by Gasteiger charge is 2.55. The van der Waals surface area contributed by atoms with E-state index in [0.29, 0.717) is 5.92 Å². The van der Waals surface area contributed by atoms with Crippen molar-refractivity contribution >= 4 is 11.9 Å². The van der Waals surface area contributed by atoms with Crippen molar-refractivity contribution in [3.05, 3.63) is 0 Å². The number of unbranched alkanes of at least 4 members (excludes halogenated alkanes) is 5. The summed E-state index contributed by atoms with van der Waals surface area (Å²) in [4.78, 5) is 21.7. The van der Waals surface area contributed by atoms with Crippen LogP contribution in [0.5, 0.6) is 0 Å². The molecule has 1 fully saturated rings. The molecule has 19 heavy (non-hydrogen) atoms. The Morgan fingerprint density at radius 2 is 1.53 bits per heavy atom. The summed E-state index contributed by atoms with van der Waals surface area (Å²) >= 11 is 0. The fraction of sp³-hybridized carbons (Fsp3) is 0.867. The minimum atomic E-state index is -0.869. The molecule has 1 aliphatic carbocycles. The van der Waals surface area contributed by atoms with Gasteiger partial charge in [0.1, 0.15) is 0 Å². The molecule has 0 amide bonds. The number of hydrogen-bond acceptors (Lipinski definition) is 2. The Labute approximate surface area is 115 Å². The van der Waals surface area contributed by atoms with Gasteiger partial charge in [0.2, 0.25) is 0 Å². The first-order chi connectivity index (χ1) is 9.00. The van der Waals surface area contributed by atoms with Crippen LogP contribution < -0.4 is 0 Å². The van der Waals surface area contributed by atoms with Crippen molar-refractivity contribution in [3.8, 4) is 0 Å². The van der Waals surface area contributed by atoms with Crippen molar-refractivity contribution in [2.75, 3.05) is 0 Å². The van der Waals surface area contributed by atoms with Crippen LogP contribution in [0.25, 0.3) is 0 Å². The molecule has 1 saturated carbocycles. The lowest BCUT2D eigenvalue weighted by atomic mass is 9.92. The Morgan fingerprint density at radius 1 is 1.00 bits per heavy atom. The molecule has 0 saturated heterocycles. The van der Waals surface area contributed by atoms with Crippen LogP contribution in [0.15, 0.2) is 0 Å². The number of carboxylic acid groups (broad SMARTS) is 2. The molecule has 0 heterocycles. The topological polar surface area (TPSA) is 74.6 Å². The average Bonchev–Trinajstić information content (AvgIpc) is 2.93. The van der Waals surface area contributed by atoms with E-state index in [1.165, 1.54) is 32.1 Å². The molecular weight excluding hydrogens is 244 g/mol. The Morgan fingerprint density at radius 3 is 2.05 bits per heavy atom. The third-order valence-corrected chi connectivity index (χ3v) is 4.27. The third kappa shape index (κ3) is 5.62. The number of carbonyl (C=O) groups is 2. The van der Waals surface area contributed by atoms with Crippen LogP contribution in [0, 0.1) is 11.3 Å². The molecule has 2 N–H and O–H groups in total. The van der Waals surface area contributed by atoms with E-state index in [-0.39, 0.29) is 12.8 Å². The Kier molecular flexibility index (Phi) is 6.32. The van der Waals surface area contributed by atoms with Crippen molar-refractivity contribution in [2.45, 2.75) is 71.1 Å². The lowest BCUT2D eigenvalue weighted by Crippen LogP contribution is -2.16. The molecule has 0 aliphatic heterocycles. The highest BCUT2D eigenvalue weighted by molar-refractivity contribution is 5.73. The van der Waals surface area contributed by atoms with E-state index in [9.17, 15) is 9.59 Å². The molecule has 0 spiro atoms. The highest BCUT2D eigenvalue weighted by Crippen LogP contribution is 2.60. The summed E-state index contributed by atoms with van der Waals surface area (Å²) in [6.45, 7) is 2.19. The quantitative estimate of drug-likeness (QED) is 0.561. The second-order valence-corrected chi connectivity index (χ2v) is 5.96. The Balaban J connectivity index is 2.23. The normalized spacial score (nSPS) is 20.2. The van der Waals surface area contributed by atoms with Gasteiger partial charge in [-0.05, 0) is 24.2 Å². The Bertz CT molecular complexity index is 295. The van der Waals surface area contributed by atoms with E-state index < -0.39 is 17.4 Å². The van der Waals surface area contributed by atoms with Gasteiger partial charge in [-0.25, -0.2) is 0 Å². The van der Waals surface area contributed by atoms with Gasteiger partial charge < -0.3 is 10.2 Å². The van der Waals surface area contributed by atoms with Gasteiger partial charge in [0.05, 0.1) is 12.8 Å². The van der Waals surface area contributed by atoms with Gasteiger partial charge >= 0.3 is 11.9 Å². The van der Waals surface area contributed by atoms with Gasteiger partial charge in [0.25, 0.3) is 0 Å². The first-order valence-corrected chi connectivity index (χ1v) is 7.44. The summed E-state index contributed by atoms with van der Waals surface area (Å²) in [6, 6.07) is 0. The Hall–Kier alpha value is -1.06. The molecule has 0 aromatic heterocycles. The molecule has 110 valence electrons. The molecule has 0 radical (unpaired) electrons. The van der Waals surface area contributed by atoms with Crippen LogP contribution in [-0.2, 0) is 9.59 Å². The van der Waals surface area contributed by atoms with Crippen molar-refractivity contribution in [1.82, 2.24) is 0 Å². The van der Waals surface area contributed by atoms with Gasteiger partial charge in [-0.2, -0.15) is 0 Å². The van der Waals surface area contributed by atoms with E-state index in [4.69, 9.17) is 10.2 Å². The molecule has 0 aromatic carbocycles. The van der Waals surface area contributed by atoms with E-state index in [1.807, 2.05) is 0 Å². The predicted molar refractivity (Wildman–Crippen MR) is 73.0 cm³/mol. The molecule has 4 nitrogen and oxygen atoms in total. The monoisotopic (exact) mass is 270 g/mol. The molecule has 1 atom stereocenters. The number of rotatable bonds is 11. The molecular formula is C15H26O4. The first-order valence-electron chi connectivity index (χ1n) is 7.44. The summed E-state index contributed by atoms with van der Waals surface area (Å²) < 4.78 is 0. The molecule has 0 bridgehead atoms. The minimum absolute atomic E-state index is 0.0137. The second kappa shape index (κ2) is 7.51. The fourth-order valence-electron chi connectivity index (χ4n) is 3.11. The van der Waals surface area contributed by atoms with E-state index in [1.54, 1.807) is 0 Å². The SMILES string of the molecule is CCCCCCCCC1CC1(CC(=O)O)CC(=O)O. The van der Waals surface area contributed by atoms with Crippen molar-refractivity contribution in [3.63, 3.8) is 0 Å². The summed E-state index contributed by atoms with van der Waals surface area (Å²) in [6.07, 6.45) is 9.13. The van der Waals surface area contributed by atoms with Gasteiger partial charge in [0, 0.05) is 0 Å². The highest BCUT2D eigenvalue weighted by atomic mass is 16.4.